The zero-order valence-corrected chi connectivity index (χ0v) is 16.0. The number of ether oxygens (including phenoxy) is 1. The Balaban J connectivity index is 2.05. The summed E-state index contributed by atoms with van der Waals surface area (Å²) >= 11 is 0. The molecule has 0 bridgehead atoms. The average Bonchev–Trinajstić information content (AvgIpc) is 2.97. The van der Waals surface area contributed by atoms with Gasteiger partial charge in [0.15, 0.2) is 6.23 Å². The van der Waals surface area contributed by atoms with Gasteiger partial charge in [-0.25, -0.2) is 18.5 Å². The Labute approximate surface area is 159 Å². The van der Waals surface area contributed by atoms with Crippen LogP contribution in [-0.4, -0.2) is 41.8 Å². The molecular formula is C10H15N2O13P3. The van der Waals surface area contributed by atoms with Gasteiger partial charge in [-0.05, 0) is 12.9 Å². The largest absolute Gasteiger partial charge is 0.490 e. The van der Waals surface area contributed by atoms with Crippen molar-refractivity contribution in [3.05, 3.63) is 44.8 Å². The van der Waals surface area contributed by atoms with Crippen molar-refractivity contribution in [1.29, 1.82) is 0 Å². The van der Waals surface area contributed by atoms with Crippen LogP contribution in [0.1, 0.15) is 15.9 Å². The van der Waals surface area contributed by atoms with E-state index in [1.54, 1.807) is 0 Å². The zero-order chi connectivity index (χ0) is 23.8. The molecule has 28 heavy (non-hydrogen) atoms. The van der Waals surface area contributed by atoms with Crippen LogP contribution in [0.3, 0.4) is 0 Å². The van der Waals surface area contributed by atoms with Gasteiger partial charge in [0.2, 0.25) is 0 Å². The van der Waals surface area contributed by atoms with Gasteiger partial charge in [0.05, 0.1) is 6.61 Å². The van der Waals surface area contributed by atoms with Crippen molar-refractivity contribution in [3.63, 3.8) is 0 Å². The van der Waals surface area contributed by atoms with Gasteiger partial charge in [-0.2, -0.15) is 8.62 Å². The number of nitrogens with zero attached hydrogens (tertiary/aromatic N) is 1. The first-order valence-corrected chi connectivity index (χ1v) is 11.4. The number of aromatic amines is 1. The van der Waals surface area contributed by atoms with Gasteiger partial charge < -0.3 is 24.3 Å². The van der Waals surface area contributed by atoms with E-state index in [0.29, 0.717) is 0 Å². The number of aryl methyl sites for hydroxylation is 1. The maximum Gasteiger partial charge on any atom is 0.490 e. The highest BCUT2D eigenvalue weighted by molar-refractivity contribution is 7.66. The SMILES string of the molecule is [2H]C([2H])([2H])c1cn([C@H]2C=C[C@@H](COP(=O)(O)OP(=O)(O)OP(=O)(O)O)O2)c(=O)[nH]c1=O. The van der Waals surface area contributed by atoms with Crippen LogP contribution in [0.15, 0.2) is 27.9 Å². The van der Waals surface area contributed by atoms with Crippen LogP contribution < -0.4 is 11.2 Å². The first-order valence-electron chi connectivity index (χ1n) is 8.37. The van der Waals surface area contributed by atoms with Crippen molar-refractivity contribution in [2.24, 2.45) is 0 Å². The minimum atomic E-state index is -5.68. The topological polar surface area (TPSA) is 224 Å². The minimum Gasteiger partial charge on any atom is -0.344 e. The summed E-state index contributed by atoms with van der Waals surface area (Å²) in [6.07, 6.45) is 0.772. The predicted octanol–water partition coefficient (Wildman–Crippen LogP) is -0.358. The minimum absolute atomic E-state index is 0.694. The van der Waals surface area contributed by atoms with Gasteiger partial charge in [-0.3, -0.25) is 18.9 Å². The molecular weight excluding hydrogens is 449 g/mol. The number of phosphoric ester groups is 1. The molecule has 2 unspecified atom stereocenters. The van der Waals surface area contributed by atoms with E-state index >= 15 is 0 Å². The lowest BCUT2D eigenvalue weighted by molar-refractivity contribution is -0.0105. The fraction of sp³-hybridized carbons (Fsp3) is 0.400. The first-order chi connectivity index (χ1) is 13.9. The summed E-state index contributed by atoms with van der Waals surface area (Å²) in [7, 11) is -16.6. The summed E-state index contributed by atoms with van der Waals surface area (Å²) in [5, 5.41) is 0. The molecule has 0 amide bonds. The molecule has 15 nitrogen and oxygen atoms in total. The summed E-state index contributed by atoms with van der Waals surface area (Å²) in [5.41, 5.74) is -2.82. The van der Waals surface area contributed by atoms with Gasteiger partial charge in [0.25, 0.3) is 5.56 Å². The molecule has 1 aromatic rings. The highest BCUT2D eigenvalue weighted by Crippen LogP contribution is 2.66. The van der Waals surface area contributed by atoms with Crippen molar-refractivity contribution < 1.29 is 55.3 Å². The highest BCUT2D eigenvalue weighted by Gasteiger charge is 2.41. The molecule has 0 radical (unpaired) electrons. The fourth-order valence-corrected chi connectivity index (χ4v) is 4.92. The van der Waals surface area contributed by atoms with Crippen molar-refractivity contribution in [2.75, 3.05) is 6.61 Å². The maximum absolute atomic E-state index is 11.9. The summed E-state index contributed by atoms with van der Waals surface area (Å²) < 4.78 is 72.9. The van der Waals surface area contributed by atoms with Crippen molar-refractivity contribution in [2.45, 2.75) is 19.2 Å². The van der Waals surface area contributed by atoms with Crippen LogP contribution in [0.25, 0.3) is 0 Å². The number of hydrogen-bond donors (Lipinski definition) is 5. The van der Waals surface area contributed by atoms with Crippen LogP contribution in [0.2, 0.25) is 0 Å². The second-order valence-electron chi connectivity index (χ2n) is 5.05. The number of phosphoric acid groups is 3. The number of H-pyrrole nitrogens is 1. The smallest absolute Gasteiger partial charge is 0.344 e. The third-order valence-corrected chi connectivity index (χ3v) is 6.67. The maximum atomic E-state index is 11.9. The lowest BCUT2D eigenvalue weighted by atomic mass is 10.3. The molecule has 0 fully saturated rings. The van der Waals surface area contributed by atoms with Crippen molar-refractivity contribution in [3.8, 4) is 0 Å². The Morgan fingerprint density at radius 1 is 1.18 bits per heavy atom. The van der Waals surface area contributed by atoms with Gasteiger partial charge in [-0.15, -0.1) is 0 Å². The normalized spacial score (nSPS) is 26.1. The molecule has 0 spiro atoms. The summed E-state index contributed by atoms with van der Waals surface area (Å²) in [6.45, 7) is -3.65. The van der Waals surface area contributed by atoms with Crippen LogP contribution >= 0.6 is 23.5 Å². The molecule has 1 aromatic heterocycles. The Morgan fingerprint density at radius 2 is 1.86 bits per heavy atom. The summed E-state index contributed by atoms with van der Waals surface area (Å²) in [5.74, 6) is 0. The van der Waals surface area contributed by atoms with E-state index in [-0.39, 0.29) is 0 Å². The van der Waals surface area contributed by atoms with Gasteiger partial charge in [0, 0.05) is 15.9 Å². The van der Waals surface area contributed by atoms with Gasteiger partial charge >= 0.3 is 29.2 Å². The Bertz CT molecular complexity index is 1120. The zero-order valence-electron chi connectivity index (χ0n) is 16.3. The number of rotatable bonds is 8. The Kier molecular flexibility index (Phi) is 5.55. The Morgan fingerprint density at radius 3 is 2.46 bits per heavy atom. The Hall–Kier alpha value is -1.21. The third-order valence-electron chi connectivity index (χ3n) is 2.86. The standard InChI is InChI=1S/C10H15N2O13P3/c1-6-4-12(10(14)11-9(6)13)8-3-2-7(23-8)5-22-27(18,19)25-28(20,21)24-26(15,16)17/h2-4,7-8H,5H2,1H3,(H,18,19)(H,20,21)(H,11,13,14)(H2,15,16,17)/t7-,8+/m0/s1/i1D3. The van der Waals surface area contributed by atoms with Gasteiger partial charge in [-0.1, -0.05) is 6.08 Å². The molecule has 18 heteroatoms. The second-order valence-corrected chi connectivity index (χ2v) is 9.47. The molecule has 4 atom stereocenters. The second kappa shape index (κ2) is 8.27. The fourth-order valence-electron chi connectivity index (χ4n) is 1.89. The molecule has 1 aliphatic rings. The molecule has 0 aromatic carbocycles. The summed E-state index contributed by atoms with van der Waals surface area (Å²) in [4.78, 5) is 60.8. The van der Waals surface area contributed by atoms with Crippen LogP contribution in [0.5, 0.6) is 0 Å². The predicted molar refractivity (Wildman–Crippen MR) is 88.9 cm³/mol. The van der Waals surface area contributed by atoms with Crippen molar-refractivity contribution in [1.82, 2.24) is 9.55 Å². The molecule has 2 heterocycles. The van der Waals surface area contributed by atoms with E-state index in [1.807, 2.05) is 4.98 Å². The number of aromatic nitrogens is 2. The first kappa shape index (κ1) is 18.8. The van der Waals surface area contributed by atoms with Crippen LogP contribution in [0.4, 0.5) is 0 Å². The van der Waals surface area contributed by atoms with Crippen LogP contribution in [0, 0.1) is 6.85 Å². The molecule has 5 N–H and O–H groups in total. The van der Waals surface area contributed by atoms with Crippen molar-refractivity contribution >= 4 is 23.5 Å². The van der Waals surface area contributed by atoms with Crippen LogP contribution in [-0.2, 0) is 31.6 Å². The lowest BCUT2D eigenvalue weighted by Gasteiger charge is -2.19. The molecule has 0 saturated heterocycles. The molecule has 0 aliphatic carbocycles. The highest BCUT2D eigenvalue weighted by atomic mass is 31.3. The quantitative estimate of drug-likeness (QED) is 0.244. The van der Waals surface area contributed by atoms with E-state index in [4.69, 9.17) is 23.5 Å². The molecule has 1 aliphatic heterocycles. The monoisotopic (exact) mass is 467 g/mol. The van der Waals surface area contributed by atoms with E-state index in [0.717, 1.165) is 10.8 Å². The summed E-state index contributed by atoms with van der Waals surface area (Å²) in [6, 6.07) is 0. The molecule has 2 rings (SSSR count). The number of nitrogens with one attached hydrogen (secondary N) is 1. The number of hydrogen-bond acceptors (Lipinski definition) is 9. The van der Waals surface area contributed by atoms with E-state index in [2.05, 4.69) is 13.1 Å². The third kappa shape index (κ3) is 6.69. The molecule has 0 saturated carbocycles. The molecule has 158 valence electrons. The van der Waals surface area contributed by atoms with Gasteiger partial charge in [0.1, 0.15) is 6.10 Å². The van der Waals surface area contributed by atoms with E-state index < -0.39 is 66.1 Å². The van der Waals surface area contributed by atoms with E-state index in [1.165, 1.54) is 12.2 Å². The van der Waals surface area contributed by atoms with E-state index in [9.17, 15) is 28.2 Å². The lowest BCUT2D eigenvalue weighted by Crippen LogP contribution is -2.33. The average molecular weight is 467 g/mol.